The third-order valence-corrected chi connectivity index (χ3v) is 4.78. The van der Waals surface area contributed by atoms with Crippen LogP contribution in [0.1, 0.15) is 13.8 Å². The fourth-order valence-electron chi connectivity index (χ4n) is 1.48. The Morgan fingerprint density at radius 3 is 2.43 bits per heavy atom. The highest BCUT2D eigenvalue weighted by Gasteiger charge is 2.49. The molecular formula is C8H17NO4Si. The highest BCUT2D eigenvalue weighted by atomic mass is 28.4. The Morgan fingerprint density at radius 2 is 2.00 bits per heavy atom. The summed E-state index contributed by atoms with van der Waals surface area (Å²) in [6.07, 6.45) is 0.584. The molecule has 0 aliphatic carbocycles. The van der Waals surface area contributed by atoms with E-state index in [9.17, 15) is 4.79 Å². The Morgan fingerprint density at radius 1 is 1.43 bits per heavy atom. The van der Waals surface area contributed by atoms with Crippen molar-refractivity contribution in [1.29, 1.82) is 0 Å². The van der Waals surface area contributed by atoms with Crippen LogP contribution >= 0.6 is 0 Å². The summed E-state index contributed by atoms with van der Waals surface area (Å²) < 4.78 is 16.2. The summed E-state index contributed by atoms with van der Waals surface area (Å²) in [6, 6.07) is 0. The van der Waals surface area contributed by atoms with Gasteiger partial charge in [-0.15, -0.1) is 0 Å². The molecule has 0 aromatic carbocycles. The Labute approximate surface area is 85.3 Å². The van der Waals surface area contributed by atoms with Gasteiger partial charge in [-0.05, 0) is 20.9 Å². The lowest BCUT2D eigenvalue weighted by Crippen LogP contribution is -2.61. The fourth-order valence-corrected chi connectivity index (χ4v) is 3.99. The number of carbonyl (C=O) groups excluding carboxylic acids is 1. The number of nitrogens with zero attached hydrogens (tertiary/aromatic N) is 1. The minimum absolute atomic E-state index is 0.257. The maximum Gasteiger partial charge on any atom is 0.582 e. The molecule has 0 radical (unpaired) electrons. The maximum absolute atomic E-state index is 11.2. The molecule has 0 aromatic heterocycles. The zero-order valence-corrected chi connectivity index (χ0v) is 9.91. The van der Waals surface area contributed by atoms with Crippen molar-refractivity contribution in [1.82, 2.24) is 4.90 Å². The van der Waals surface area contributed by atoms with E-state index in [0.717, 1.165) is 0 Å². The van der Waals surface area contributed by atoms with Gasteiger partial charge in [0.05, 0.1) is 12.7 Å². The third kappa shape index (κ3) is 2.78. The van der Waals surface area contributed by atoms with Crippen molar-refractivity contribution in [3.63, 3.8) is 0 Å². The minimum Gasteiger partial charge on any atom is -0.472 e. The lowest BCUT2D eigenvalue weighted by atomic mass is 10.6. The average Bonchev–Trinajstić information content (AvgIpc) is 2.02. The molecule has 0 saturated carbocycles. The molecule has 0 amide bonds. The van der Waals surface area contributed by atoms with Gasteiger partial charge in [-0.1, -0.05) is 0 Å². The Bertz CT molecular complexity index is 206. The smallest absolute Gasteiger partial charge is 0.472 e. The molecule has 6 heteroatoms. The van der Waals surface area contributed by atoms with Crippen molar-refractivity contribution in [2.75, 3.05) is 33.0 Å². The van der Waals surface area contributed by atoms with Gasteiger partial charge in [0.1, 0.15) is 0 Å². The summed E-state index contributed by atoms with van der Waals surface area (Å²) in [4.78, 5) is 13.1. The molecule has 14 heavy (non-hydrogen) atoms. The zero-order chi connectivity index (χ0) is 10.6. The van der Waals surface area contributed by atoms with Crippen LogP contribution < -0.4 is 0 Å². The van der Waals surface area contributed by atoms with E-state index in [1.165, 1.54) is 0 Å². The lowest BCUT2D eigenvalue weighted by molar-refractivity contribution is -0.143. The first-order chi connectivity index (χ1) is 6.62. The van der Waals surface area contributed by atoms with Crippen LogP contribution in [0, 0.1) is 0 Å². The summed E-state index contributed by atoms with van der Waals surface area (Å²) in [5.74, 6) is -0.257. The number of hydrogen-bond donors (Lipinski definition) is 0. The highest BCUT2D eigenvalue weighted by molar-refractivity contribution is 6.63. The topological polar surface area (TPSA) is 48.0 Å². The van der Waals surface area contributed by atoms with Crippen LogP contribution in [0.2, 0.25) is 0 Å². The fraction of sp³-hybridized carbons (Fsp3) is 0.875. The summed E-state index contributed by atoms with van der Waals surface area (Å²) in [7, 11) is -0.871. The van der Waals surface area contributed by atoms with E-state index in [1.807, 2.05) is 25.8 Å². The van der Waals surface area contributed by atoms with Gasteiger partial charge in [0, 0.05) is 13.2 Å². The highest BCUT2D eigenvalue weighted by Crippen LogP contribution is 2.16. The van der Waals surface area contributed by atoms with Crippen molar-refractivity contribution in [3.05, 3.63) is 0 Å². The monoisotopic (exact) mass is 219 g/mol. The molecule has 0 unspecified atom stereocenters. The number of carbonyl (C=O) groups is 1. The lowest BCUT2D eigenvalue weighted by Gasteiger charge is -2.35. The van der Waals surface area contributed by atoms with E-state index in [2.05, 4.69) is 0 Å². The minimum atomic E-state index is -2.73. The van der Waals surface area contributed by atoms with E-state index >= 15 is 0 Å². The Balaban J connectivity index is 2.68. The molecule has 0 atom stereocenters. The predicted octanol–water partition coefficient (Wildman–Crippen LogP) is 0.0261. The molecule has 1 aliphatic heterocycles. The molecule has 0 N–H and O–H groups in total. The maximum atomic E-state index is 11.2. The molecule has 0 bridgehead atoms. The molecule has 0 aromatic rings. The second-order valence-corrected chi connectivity index (χ2v) is 5.66. The number of hydrogen-bond acceptors (Lipinski definition) is 5. The zero-order valence-electron chi connectivity index (χ0n) is 8.91. The first kappa shape index (κ1) is 11.6. The van der Waals surface area contributed by atoms with Gasteiger partial charge in [0.15, 0.2) is 0 Å². The number of rotatable bonds is 4. The Hall–Kier alpha value is -0.433. The Kier molecular flexibility index (Phi) is 4.06. The summed E-state index contributed by atoms with van der Waals surface area (Å²) in [5, 5.41) is 0. The van der Waals surface area contributed by atoms with Crippen molar-refractivity contribution < 1.29 is 18.1 Å². The molecule has 82 valence electrons. The van der Waals surface area contributed by atoms with Gasteiger partial charge in [0.25, 0.3) is 0 Å². The molecule has 1 rings (SSSR count). The molecule has 1 heterocycles. The van der Waals surface area contributed by atoms with E-state index < -0.39 is 8.80 Å². The van der Waals surface area contributed by atoms with Crippen LogP contribution in [0.3, 0.4) is 0 Å². The standard InChI is InChI=1S/C8H17NO4Si/c1-4-11-14(12-5-2)7-9(3)6-8(10)13-14/h4-7H2,1-3H3. The predicted molar refractivity (Wildman–Crippen MR) is 52.6 cm³/mol. The summed E-state index contributed by atoms with van der Waals surface area (Å²) >= 11 is 0. The van der Waals surface area contributed by atoms with E-state index in [0.29, 0.717) is 25.9 Å². The largest absolute Gasteiger partial charge is 0.582 e. The van der Waals surface area contributed by atoms with Gasteiger partial charge in [-0.2, -0.15) is 0 Å². The van der Waals surface area contributed by atoms with Gasteiger partial charge >= 0.3 is 14.8 Å². The van der Waals surface area contributed by atoms with Crippen LogP contribution in [-0.4, -0.2) is 52.6 Å². The molecule has 5 nitrogen and oxygen atoms in total. The normalized spacial score (nSPS) is 22.1. The van der Waals surface area contributed by atoms with Gasteiger partial charge in [-0.3, -0.25) is 9.69 Å². The van der Waals surface area contributed by atoms with Crippen LogP contribution in [0.5, 0.6) is 0 Å². The average molecular weight is 219 g/mol. The van der Waals surface area contributed by atoms with Gasteiger partial charge < -0.3 is 13.3 Å². The van der Waals surface area contributed by atoms with Crippen LogP contribution in [0.25, 0.3) is 0 Å². The van der Waals surface area contributed by atoms with Crippen molar-refractivity contribution in [2.24, 2.45) is 0 Å². The van der Waals surface area contributed by atoms with Gasteiger partial charge in [-0.25, -0.2) is 0 Å². The third-order valence-electron chi connectivity index (χ3n) is 1.86. The molecule has 1 aliphatic rings. The van der Waals surface area contributed by atoms with Crippen molar-refractivity contribution >= 4 is 14.8 Å². The number of likely N-dealkylation sites (N-methyl/N-ethyl adjacent to an activating group) is 1. The van der Waals surface area contributed by atoms with Crippen LogP contribution in [-0.2, 0) is 18.1 Å². The van der Waals surface area contributed by atoms with Gasteiger partial charge in [0.2, 0.25) is 0 Å². The molecular weight excluding hydrogens is 202 g/mol. The van der Waals surface area contributed by atoms with E-state index in [4.69, 9.17) is 13.3 Å². The van der Waals surface area contributed by atoms with Crippen LogP contribution in [0.4, 0.5) is 0 Å². The quantitative estimate of drug-likeness (QED) is 0.624. The molecule has 1 saturated heterocycles. The molecule has 0 spiro atoms. The summed E-state index contributed by atoms with van der Waals surface area (Å²) in [5.41, 5.74) is 0. The SMILES string of the molecule is CCO[Si]1(OCC)CN(C)CC(=O)O1. The first-order valence-electron chi connectivity index (χ1n) is 4.80. The van der Waals surface area contributed by atoms with Crippen LogP contribution in [0.15, 0.2) is 0 Å². The first-order valence-corrected chi connectivity index (χ1v) is 6.73. The van der Waals surface area contributed by atoms with E-state index in [1.54, 1.807) is 0 Å². The van der Waals surface area contributed by atoms with E-state index in [-0.39, 0.29) is 5.97 Å². The van der Waals surface area contributed by atoms with Crippen molar-refractivity contribution in [3.8, 4) is 0 Å². The molecule has 1 fully saturated rings. The second kappa shape index (κ2) is 4.88. The summed E-state index contributed by atoms with van der Waals surface area (Å²) in [6.45, 7) is 5.07. The van der Waals surface area contributed by atoms with Crippen molar-refractivity contribution in [2.45, 2.75) is 13.8 Å². The second-order valence-electron chi connectivity index (χ2n) is 3.20.